The van der Waals surface area contributed by atoms with Crippen molar-refractivity contribution >= 4 is 22.8 Å². The lowest BCUT2D eigenvalue weighted by Gasteiger charge is -2.12. The summed E-state index contributed by atoms with van der Waals surface area (Å²) in [5.74, 6) is -1.11. The lowest BCUT2D eigenvalue weighted by atomic mass is 10.0. The molecule has 0 fully saturated rings. The number of aryl methyl sites for hydroxylation is 2. The van der Waals surface area contributed by atoms with Crippen molar-refractivity contribution in [3.05, 3.63) is 75.1 Å². The van der Waals surface area contributed by atoms with Crippen LogP contribution in [0, 0.1) is 13.8 Å². The van der Waals surface area contributed by atoms with Crippen LogP contribution in [-0.2, 0) is 16.1 Å². The maximum Gasteiger partial charge on any atom is 0.342 e. The number of hydrogen-bond acceptors (Lipinski definition) is 6. The van der Waals surface area contributed by atoms with Gasteiger partial charge in [-0.15, -0.1) is 0 Å². The van der Waals surface area contributed by atoms with Gasteiger partial charge >= 0.3 is 11.6 Å². The van der Waals surface area contributed by atoms with E-state index in [2.05, 4.69) is 0 Å². The molecule has 0 saturated carbocycles. The fourth-order valence-electron chi connectivity index (χ4n) is 2.78. The predicted octanol–water partition coefficient (Wildman–Crippen LogP) is 2.63. The van der Waals surface area contributed by atoms with Gasteiger partial charge in [0.2, 0.25) is 0 Å². The van der Waals surface area contributed by atoms with Crippen LogP contribution in [-0.4, -0.2) is 18.5 Å². The Morgan fingerprint density at radius 2 is 1.86 bits per heavy atom. The molecule has 7 nitrogen and oxygen atoms in total. The van der Waals surface area contributed by atoms with Crippen molar-refractivity contribution in [3.8, 4) is 5.75 Å². The van der Waals surface area contributed by atoms with E-state index in [1.807, 2.05) is 26.0 Å². The third-order valence-corrected chi connectivity index (χ3v) is 4.35. The van der Waals surface area contributed by atoms with E-state index in [1.54, 1.807) is 12.1 Å². The summed E-state index contributed by atoms with van der Waals surface area (Å²) in [5, 5.41) is 0.703. The van der Waals surface area contributed by atoms with Gasteiger partial charge < -0.3 is 19.6 Å². The molecular formula is C21H19NO6. The summed E-state index contributed by atoms with van der Waals surface area (Å²) < 4.78 is 15.9. The van der Waals surface area contributed by atoms with Gasteiger partial charge in [0, 0.05) is 17.0 Å². The first-order chi connectivity index (χ1) is 13.4. The topological polar surface area (TPSA) is 109 Å². The van der Waals surface area contributed by atoms with Crippen molar-refractivity contribution in [3.63, 3.8) is 0 Å². The fraction of sp³-hybridized carbons (Fsp3) is 0.190. The molecule has 0 radical (unpaired) electrons. The van der Waals surface area contributed by atoms with Crippen LogP contribution in [0.3, 0.4) is 0 Å². The molecule has 144 valence electrons. The summed E-state index contributed by atoms with van der Waals surface area (Å²) in [6.45, 7) is 3.31. The van der Waals surface area contributed by atoms with Gasteiger partial charge in [-0.05, 0) is 37.1 Å². The molecule has 3 rings (SSSR count). The van der Waals surface area contributed by atoms with E-state index in [1.165, 1.54) is 18.2 Å². The second kappa shape index (κ2) is 7.96. The van der Waals surface area contributed by atoms with E-state index in [0.717, 1.165) is 11.1 Å². The average Bonchev–Trinajstić information content (AvgIpc) is 2.67. The fourth-order valence-corrected chi connectivity index (χ4v) is 2.78. The molecule has 0 unspecified atom stereocenters. The van der Waals surface area contributed by atoms with Gasteiger partial charge in [0.25, 0.3) is 5.91 Å². The molecule has 3 aromatic rings. The summed E-state index contributed by atoms with van der Waals surface area (Å²) in [7, 11) is 0. The Bertz CT molecular complexity index is 1120. The molecule has 1 amide bonds. The van der Waals surface area contributed by atoms with Crippen LogP contribution in [0.1, 0.15) is 27.0 Å². The zero-order valence-corrected chi connectivity index (χ0v) is 15.5. The van der Waals surface area contributed by atoms with E-state index >= 15 is 0 Å². The van der Waals surface area contributed by atoms with Gasteiger partial charge in [0.05, 0.1) is 0 Å². The molecule has 0 spiro atoms. The first kappa shape index (κ1) is 19.2. The van der Waals surface area contributed by atoms with Gasteiger partial charge in [-0.1, -0.05) is 24.3 Å². The van der Waals surface area contributed by atoms with Crippen LogP contribution in [0.25, 0.3) is 11.0 Å². The third kappa shape index (κ3) is 4.03. The molecule has 0 bridgehead atoms. The number of primary amides is 1. The Labute approximate surface area is 160 Å². The van der Waals surface area contributed by atoms with Gasteiger partial charge in [0.1, 0.15) is 23.5 Å². The van der Waals surface area contributed by atoms with Crippen molar-refractivity contribution in [1.29, 1.82) is 0 Å². The van der Waals surface area contributed by atoms with E-state index in [0.29, 0.717) is 16.5 Å². The number of para-hydroxylation sites is 1. The molecule has 0 atom stereocenters. The first-order valence-electron chi connectivity index (χ1n) is 8.57. The third-order valence-electron chi connectivity index (χ3n) is 4.35. The number of ether oxygens (including phenoxy) is 2. The maximum absolute atomic E-state index is 12.5. The van der Waals surface area contributed by atoms with Crippen LogP contribution < -0.4 is 16.1 Å². The predicted molar refractivity (Wildman–Crippen MR) is 102 cm³/mol. The van der Waals surface area contributed by atoms with Crippen LogP contribution in [0.2, 0.25) is 0 Å². The van der Waals surface area contributed by atoms with Gasteiger partial charge in [-0.2, -0.15) is 0 Å². The number of fused-ring (bicyclic) bond motifs is 1. The highest BCUT2D eigenvalue weighted by molar-refractivity contribution is 5.93. The number of hydrogen-bond donors (Lipinski definition) is 1. The van der Waals surface area contributed by atoms with E-state index in [9.17, 15) is 14.4 Å². The highest BCUT2D eigenvalue weighted by Crippen LogP contribution is 2.25. The van der Waals surface area contributed by atoms with Crippen LogP contribution in [0.15, 0.2) is 51.7 Å². The minimum atomic E-state index is -0.656. The molecule has 2 aromatic carbocycles. The highest BCUT2D eigenvalue weighted by atomic mass is 16.5. The van der Waals surface area contributed by atoms with Gasteiger partial charge in [0.15, 0.2) is 6.61 Å². The molecule has 0 aliphatic rings. The molecule has 1 aromatic heterocycles. The molecule has 1 heterocycles. The monoisotopic (exact) mass is 381 g/mol. The molecule has 28 heavy (non-hydrogen) atoms. The Hall–Kier alpha value is -3.61. The lowest BCUT2D eigenvalue weighted by Crippen LogP contribution is -2.21. The van der Waals surface area contributed by atoms with Crippen molar-refractivity contribution in [2.75, 3.05) is 6.61 Å². The second-order valence-corrected chi connectivity index (χ2v) is 6.30. The average molecular weight is 381 g/mol. The van der Waals surface area contributed by atoms with Crippen molar-refractivity contribution in [2.45, 2.75) is 20.5 Å². The van der Waals surface area contributed by atoms with Gasteiger partial charge in [-0.3, -0.25) is 4.79 Å². The Balaban J connectivity index is 1.85. The summed E-state index contributed by atoms with van der Waals surface area (Å²) in [5.41, 5.74) is 7.57. The molecular weight excluding hydrogens is 362 g/mol. The molecule has 0 saturated heterocycles. The molecule has 7 heteroatoms. The van der Waals surface area contributed by atoms with Crippen molar-refractivity contribution < 1.29 is 23.5 Å². The minimum absolute atomic E-state index is 0.117. The van der Waals surface area contributed by atoms with E-state index < -0.39 is 17.5 Å². The normalized spacial score (nSPS) is 10.6. The Kier molecular flexibility index (Phi) is 5.44. The number of benzene rings is 2. The second-order valence-electron chi connectivity index (χ2n) is 6.30. The SMILES string of the molecule is Cc1ccc2c(COC(=O)c3ccccc3OCC(N)=O)cc(=O)oc2c1C. The molecule has 0 aliphatic carbocycles. The summed E-state index contributed by atoms with van der Waals surface area (Å²) in [4.78, 5) is 35.3. The van der Waals surface area contributed by atoms with Crippen LogP contribution in [0.5, 0.6) is 5.75 Å². The smallest absolute Gasteiger partial charge is 0.342 e. The molecule has 2 N–H and O–H groups in total. The zero-order valence-electron chi connectivity index (χ0n) is 15.5. The quantitative estimate of drug-likeness (QED) is 0.519. The highest BCUT2D eigenvalue weighted by Gasteiger charge is 2.16. The first-order valence-corrected chi connectivity index (χ1v) is 8.57. The standard InChI is InChI=1S/C21H19NO6/c1-12-7-8-15-14(9-19(24)28-20(15)13(12)2)10-27-21(25)16-5-3-4-6-17(16)26-11-18(22)23/h3-9H,10-11H2,1-2H3,(H2,22,23). The minimum Gasteiger partial charge on any atom is -0.483 e. The summed E-state index contributed by atoms with van der Waals surface area (Å²) in [6.07, 6.45) is 0. The van der Waals surface area contributed by atoms with Crippen LogP contribution in [0.4, 0.5) is 0 Å². The lowest BCUT2D eigenvalue weighted by molar-refractivity contribution is -0.119. The summed E-state index contributed by atoms with van der Waals surface area (Å²) >= 11 is 0. The van der Waals surface area contributed by atoms with E-state index in [4.69, 9.17) is 19.6 Å². The number of amides is 1. The van der Waals surface area contributed by atoms with Gasteiger partial charge in [-0.25, -0.2) is 9.59 Å². The zero-order chi connectivity index (χ0) is 20.3. The Morgan fingerprint density at radius 3 is 2.61 bits per heavy atom. The van der Waals surface area contributed by atoms with E-state index in [-0.39, 0.29) is 24.5 Å². The van der Waals surface area contributed by atoms with Crippen molar-refractivity contribution in [1.82, 2.24) is 0 Å². The number of rotatable bonds is 6. The number of carbonyl (C=O) groups excluding carboxylic acids is 2. The van der Waals surface area contributed by atoms with Crippen molar-refractivity contribution in [2.24, 2.45) is 5.73 Å². The van der Waals surface area contributed by atoms with Crippen LogP contribution >= 0.6 is 0 Å². The largest absolute Gasteiger partial charge is 0.483 e. The number of carbonyl (C=O) groups is 2. The number of nitrogens with two attached hydrogens (primary N) is 1. The summed E-state index contributed by atoms with van der Waals surface area (Å²) in [6, 6.07) is 11.4. The maximum atomic E-state index is 12.5. The number of esters is 1. The molecule has 0 aliphatic heterocycles. The Morgan fingerprint density at radius 1 is 1.11 bits per heavy atom.